The molecule has 2 rings (SSSR count). The normalized spacial score (nSPS) is 9.76. The van der Waals surface area contributed by atoms with E-state index in [1.807, 2.05) is 6.07 Å². The number of hydrogen-bond donors (Lipinski definition) is 0. The summed E-state index contributed by atoms with van der Waals surface area (Å²) in [5, 5.41) is 8.80. The number of halogens is 1. The van der Waals surface area contributed by atoms with Crippen LogP contribution < -0.4 is 9.47 Å². The van der Waals surface area contributed by atoms with E-state index in [-0.39, 0.29) is 23.5 Å². The second kappa shape index (κ2) is 6.53. The Hall–Kier alpha value is -2.87. The first-order chi connectivity index (χ1) is 10.1. The Morgan fingerprint density at radius 1 is 1.24 bits per heavy atom. The smallest absolute Gasteiger partial charge is 0.315 e. The Labute approximate surface area is 121 Å². The van der Waals surface area contributed by atoms with Gasteiger partial charge in [0.05, 0.1) is 25.2 Å². The highest BCUT2D eigenvalue weighted by atomic mass is 19.1. The number of nitrogens with zero attached hydrogens (tertiary/aromatic N) is 1. The molecule has 0 aromatic heterocycles. The van der Waals surface area contributed by atoms with Crippen molar-refractivity contribution in [1.82, 2.24) is 0 Å². The van der Waals surface area contributed by atoms with E-state index in [0.717, 1.165) is 0 Å². The Bertz CT molecular complexity index is 707. The highest BCUT2D eigenvalue weighted by Gasteiger charge is 2.13. The minimum Gasteiger partial charge on any atom is -0.493 e. The van der Waals surface area contributed by atoms with Gasteiger partial charge in [0.15, 0.2) is 11.5 Å². The third-order valence-corrected chi connectivity index (χ3v) is 2.81. The largest absolute Gasteiger partial charge is 0.493 e. The Morgan fingerprint density at radius 2 is 2.00 bits per heavy atom. The van der Waals surface area contributed by atoms with E-state index in [2.05, 4.69) is 0 Å². The lowest BCUT2D eigenvalue weighted by molar-refractivity contribution is -0.133. The number of rotatable bonds is 4. The van der Waals surface area contributed by atoms with E-state index in [4.69, 9.17) is 14.7 Å². The molecule has 0 aliphatic rings. The third kappa shape index (κ3) is 3.57. The molecule has 106 valence electrons. The van der Waals surface area contributed by atoms with Gasteiger partial charge >= 0.3 is 5.97 Å². The quantitative estimate of drug-likeness (QED) is 0.640. The average Bonchev–Trinajstić information content (AvgIpc) is 2.50. The van der Waals surface area contributed by atoms with Crippen LogP contribution in [0.25, 0.3) is 0 Å². The number of carbonyl (C=O) groups excluding carboxylic acids is 1. The van der Waals surface area contributed by atoms with E-state index < -0.39 is 11.8 Å². The van der Waals surface area contributed by atoms with Gasteiger partial charge < -0.3 is 9.47 Å². The van der Waals surface area contributed by atoms with Gasteiger partial charge in [-0.2, -0.15) is 5.26 Å². The number of carbonyl (C=O) groups is 1. The molecule has 0 fully saturated rings. The van der Waals surface area contributed by atoms with Crippen LogP contribution in [0.1, 0.15) is 11.1 Å². The molecule has 0 spiro atoms. The molecule has 0 aliphatic carbocycles. The minimum absolute atomic E-state index is 0.185. The summed E-state index contributed by atoms with van der Waals surface area (Å²) in [6, 6.07) is 12.4. The van der Waals surface area contributed by atoms with Crippen LogP contribution in [-0.4, -0.2) is 13.1 Å². The van der Waals surface area contributed by atoms with E-state index in [1.165, 1.54) is 37.4 Å². The van der Waals surface area contributed by atoms with Crippen LogP contribution >= 0.6 is 0 Å². The highest BCUT2D eigenvalue weighted by molar-refractivity contribution is 5.76. The second-order valence-electron chi connectivity index (χ2n) is 4.22. The van der Waals surface area contributed by atoms with E-state index in [9.17, 15) is 9.18 Å². The van der Waals surface area contributed by atoms with Gasteiger partial charge in [-0.3, -0.25) is 4.79 Å². The number of hydrogen-bond acceptors (Lipinski definition) is 4. The Balaban J connectivity index is 2.13. The summed E-state index contributed by atoms with van der Waals surface area (Å²) in [5.41, 5.74) is 0.649. The summed E-state index contributed by atoms with van der Waals surface area (Å²) in [6.07, 6.45) is -0.185. The van der Waals surface area contributed by atoms with Crippen molar-refractivity contribution >= 4 is 5.97 Å². The number of benzene rings is 2. The van der Waals surface area contributed by atoms with Gasteiger partial charge in [-0.1, -0.05) is 18.2 Å². The van der Waals surface area contributed by atoms with Gasteiger partial charge in [0.1, 0.15) is 5.82 Å². The van der Waals surface area contributed by atoms with Gasteiger partial charge in [-0.25, -0.2) is 4.39 Å². The van der Waals surface area contributed by atoms with Crippen molar-refractivity contribution in [3.8, 4) is 17.6 Å². The molecule has 0 radical (unpaired) electrons. The van der Waals surface area contributed by atoms with Crippen molar-refractivity contribution in [1.29, 1.82) is 5.26 Å². The predicted octanol–water partition coefficient (Wildman–Crippen LogP) is 2.85. The lowest BCUT2D eigenvalue weighted by Crippen LogP contribution is -2.12. The van der Waals surface area contributed by atoms with E-state index in [0.29, 0.717) is 5.56 Å². The van der Waals surface area contributed by atoms with Gasteiger partial charge in [0.2, 0.25) is 0 Å². The first-order valence-electron chi connectivity index (χ1n) is 6.16. The molecule has 0 N–H and O–H groups in total. The summed E-state index contributed by atoms with van der Waals surface area (Å²) in [7, 11) is 1.41. The van der Waals surface area contributed by atoms with Gasteiger partial charge in [0.25, 0.3) is 0 Å². The van der Waals surface area contributed by atoms with Crippen molar-refractivity contribution in [3.63, 3.8) is 0 Å². The molecule has 0 aliphatic heterocycles. The number of esters is 1. The van der Waals surface area contributed by atoms with Crippen LogP contribution in [0.2, 0.25) is 0 Å². The Kier molecular flexibility index (Phi) is 4.52. The van der Waals surface area contributed by atoms with Crippen molar-refractivity contribution in [2.75, 3.05) is 7.11 Å². The zero-order valence-corrected chi connectivity index (χ0v) is 11.3. The molecule has 4 nitrogen and oxygen atoms in total. The summed E-state index contributed by atoms with van der Waals surface area (Å²) in [5.74, 6) is -0.599. The van der Waals surface area contributed by atoms with Crippen LogP contribution in [0.5, 0.6) is 11.5 Å². The van der Waals surface area contributed by atoms with E-state index in [1.54, 1.807) is 12.1 Å². The lowest BCUT2D eigenvalue weighted by Gasteiger charge is -2.09. The molecule has 0 bridgehead atoms. The molecule has 0 unspecified atom stereocenters. The van der Waals surface area contributed by atoms with Gasteiger partial charge in [-0.05, 0) is 23.8 Å². The van der Waals surface area contributed by atoms with E-state index >= 15 is 0 Å². The van der Waals surface area contributed by atoms with Gasteiger partial charge in [-0.15, -0.1) is 0 Å². The third-order valence-electron chi connectivity index (χ3n) is 2.81. The predicted molar refractivity (Wildman–Crippen MR) is 73.4 cm³/mol. The Morgan fingerprint density at radius 3 is 2.67 bits per heavy atom. The first-order valence-corrected chi connectivity index (χ1v) is 6.16. The van der Waals surface area contributed by atoms with Crippen LogP contribution in [0.3, 0.4) is 0 Å². The highest BCUT2D eigenvalue weighted by Crippen LogP contribution is 2.28. The summed E-state index contributed by atoms with van der Waals surface area (Å²) in [6.45, 7) is 0. The van der Waals surface area contributed by atoms with Crippen molar-refractivity contribution in [2.24, 2.45) is 0 Å². The maximum Gasteiger partial charge on any atom is 0.315 e. The fraction of sp³-hybridized carbons (Fsp3) is 0.125. The lowest BCUT2D eigenvalue weighted by atomic mass is 10.1. The molecule has 2 aromatic carbocycles. The zero-order valence-electron chi connectivity index (χ0n) is 11.3. The number of nitriles is 1. The molecule has 5 heteroatoms. The first kappa shape index (κ1) is 14.5. The summed E-state index contributed by atoms with van der Waals surface area (Å²) in [4.78, 5) is 11.8. The maximum absolute atomic E-state index is 13.5. The SMILES string of the molecule is COc1cc(C#N)ccc1OC(=O)Cc1ccccc1F. The fourth-order valence-electron chi connectivity index (χ4n) is 1.78. The molecule has 0 saturated heterocycles. The molecule has 0 saturated carbocycles. The summed E-state index contributed by atoms with van der Waals surface area (Å²) < 4.78 is 23.7. The maximum atomic E-state index is 13.5. The van der Waals surface area contributed by atoms with Crippen molar-refractivity contribution < 1.29 is 18.7 Å². The fourth-order valence-corrected chi connectivity index (χ4v) is 1.78. The second-order valence-corrected chi connectivity index (χ2v) is 4.22. The summed E-state index contributed by atoms with van der Waals surface area (Å²) >= 11 is 0. The van der Waals surface area contributed by atoms with Crippen LogP contribution in [0, 0.1) is 17.1 Å². The van der Waals surface area contributed by atoms with Crippen molar-refractivity contribution in [2.45, 2.75) is 6.42 Å². The number of ether oxygens (including phenoxy) is 2. The topological polar surface area (TPSA) is 59.3 Å². The molecule has 0 atom stereocenters. The molecular formula is C16H12FNO3. The standard InChI is InChI=1S/C16H12FNO3/c1-20-15-8-11(10-18)6-7-14(15)21-16(19)9-12-4-2-3-5-13(12)17/h2-8H,9H2,1H3. The number of methoxy groups -OCH3 is 1. The molecular weight excluding hydrogens is 273 g/mol. The molecule has 0 heterocycles. The molecule has 2 aromatic rings. The zero-order chi connectivity index (χ0) is 15.2. The van der Waals surface area contributed by atoms with Crippen molar-refractivity contribution in [3.05, 3.63) is 59.4 Å². The minimum atomic E-state index is -0.608. The van der Waals surface area contributed by atoms with Crippen LogP contribution in [0.15, 0.2) is 42.5 Å². The van der Waals surface area contributed by atoms with Gasteiger partial charge in [0, 0.05) is 6.07 Å². The molecule has 21 heavy (non-hydrogen) atoms. The molecule has 0 amide bonds. The monoisotopic (exact) mass is 285 g/mol. The van der Waals surface area contributed by atoms with Crippen LogP contribution in [-0.2, 0) is 11.2 Å². The average molecular weight is 285 g/mol. The van der Waals surface area contributed by atoms with Crippen LogP contribution in [0.4, 0.5) is 4.39 Å².